The molecule has 0 fully saturated rings. The number of carbonyl (C=O) groups excluding carboxylic acids is 2. The van der Waals surface area contributed by atoms with Crippen molar-refractivity contribution >= 4 is 11.8 Å². The van der Waals surface area contributed by atoms with Crippen molar-refractivity contribution in [3.8, 4) is 0 Å². The molecule has 4 nitrogen and oxygen atoms in total. The van der Waals surface area contributed by atoms with Crippen LogP contribution in [0.1, 0.15) is 49.4 Å². The van der Waals surface area contributed by atoms with Gasteiger partial charge in [0, 0.05) is 12.6 Å². The van der Waals surface area contributed by atoms with Gasteiger partial charge in [-0.15, -0.1) is 0 Å². The van der Waals surface area contributed by atoms with Crippen molar-refractivity contribution in [2.24, 2.45) is 0 Å². The van der Waals surface area contributed by atoms with Crippen LogP contribution >= 0.6 is 0 Å². The first-order valence-electron chi connectivity index (χ1n) is 10.1. The Kier molecular flexibility index (Phi) is 7.94. The van der Waals surface area contributed by atoms with Gasteiger partial charge in [-0.1, -0.05) is 48.4 Å². The predicted molar refractivity (Wildman–Crippen MR) is 114 cm³/mol. The highest BCUT2D eigenvalue weighted by Crippen LogP contribution is 2.17. The quantitative estimate of drug-likeness (QED) is 0.720. The first-order chi connectivity index (χ1) is 13.7. The van der Waals surface area contributed by atoms with Crippen LogP contribution in [0.5, 0.6) is 0 Å². The molecule has 29 heavy (non-hydrogen) atoms. The number of rotatable bonds is 8. The smallest absolute Gasteiger partial charge is 0.243 e. The summed E-state index contributed by atoms with van der Waals surface area (Å²) in [7, 11) is 0. The van der Waals surface area contributed by atoms with Crippen molar-refractivity contribution in [1.29, 1.82) is 0 Å². The van der Waals surface area contributed by atoms with Gasteiger partial charge in [-0.2, -0.15) is 0 Å². The highest BCUT2D eigenvalue weighted by molar-refractivity contribution is 5.88. The monoisotopic (exact) mass is 398 g/mol. The molecule has 2 amide bonds. The van der Waals surface area contributed by atoms with Gasteiger partial charge in [0.25, 0.3) is 0 Å². The minimum Gasteiger partial charge on any atom is -0.352 e. The van der Waals surface area contributed by atoms with Gasteiger partial charge in [0.1, 0.15) is 11.9 Å². The van der Waals surface area contributed by atoms with E-state index in [1.807, 2.05) is 46.8 Å². The topological polar surface area (TPSA) is 49.4 Å². The Hall–Kier alpha value is -2.69. The third-order valence-electron chi connectivity index (χ3n) is 4.72. The molecule has 1 N–H and O–H groups in total. The summed E-state index contributed by atoms with van der Waals surface area (Å²) in [6, 6.07) is 11.5. The van der Waals surface area contributed by atoms with E-state index < -0.39 is 6.04 Å². The van der Waals surface area contributed by atoms with Gasteiger partial charge < -0.3 is 10.2 Å². The summed E-state index contributed by atoms with van der Waals surface area (Å²) >= 11 is 0. The van der Waals surface area contributed by atoms with Crippen LogP contribution < -0.4 is 5.32 Å². The summed E-state index contributed by atoms with van der Waals surface area (Å²) in [6.07, 6.45) is 0.716. The molecule has 0 bridgehead atoms. The number of aryl methyl sites for hydroxylation is 2. The molecule has 156 valence electrons. The highest BCUT2D eigenvalue weighted by Gasteiger charge is 2.29. The third kappa shape index (κ3) is 6.70. The van der Waals surface area contributed by atoms with Crippen molar-refractivity contribution < 1.29 is 14.0 Å². The zero-order chi connectivity index (χ0) is 21.6. The Morgan fingerprint density at radius 2 is 1.59 bits per heavy atom. The van der Waals surface area contributed by atoms with Crippen LogP contribution in [0.4, 0.5) is 4.39 Å². The molecule has 0 aromatic heterocycles. The van der Waals surface area contributed by atoms with Crippen molar-refractivity contribution in [2.75, 3.05) is 0 Å². The molecule has 1 atom stereocenters. The standard InChI is InChI=1S/C24H31FN2O2/c1-6-22(24(29)26-16(2)3)27(15-19-7-9-21(25)10-8-19)23(28)14-20-12-17(4)11-18(5)13-20/h7-13,16,22H,6,14-15H2,1-5H3,(H,26,29)/t22-/m0/s1. The lowest BCUT2D eigenvalue weighted by atomic mass is 10.0. The SMILES string of the molecule is CC[C@@H](C(=O)NC(C)C)N(Cc1ccc(F)cc1)C(=O)Cc1cc(C)cc(C)c1. The van der Waals surface area contributed by atoms with E-state index in [-0.39, 0.29) is 36.6 Å². The maximum Gasteiger partial charge on any atom is 0.243 e. The third-order valence-corrected chi connectivity index (χ3v) is 4.72. The summed E-state index contributed by atoms with van der Waals surface area (Å²) in [5, 5.41) is 2.91. The molecular formula is C24H31FN2O2. The van der Waals surface area contributed by atoms with Crippen LogP contribution in [0, 0.1) is 19.7 Å². The summed E-state index contributed by atoms with van der Waals surface area (Å²) in [5.74, 6) is -0.616. The molecule has 0 saturated carbocycles. The number of nitrogens with one attached hydrogen (secondary N) is 1. The highest BCUT2D eigenvalue weighted by atomic mass is 19.1. The molecule has 0 aliphatic heterocycles. The Morgan fingerprint density at radius 3 is 2.10 bits per heavy atom. The maximum absolute atomic E-state index is 13.3. The Balaban J connectivity index is 2.31. The molecule has 0 saturated heterocycles. The molecule has 0 radical (unpaired) electrons. The van der Waals surface area contributed by atoms with Gasteiger partial charge in [-0.3, -0.25) is 9.59 Å². The van der Waals surface area contributed by atoms with Crippen molar-refractivity contribution in [1.82, 2.24) is 10.2 Å². The molecule has 0 aliphatic carbocycles. The molecule has 5 heteroatoms. The largest absolute Gasteiger partial charge is 0.352 e. The molecule has 0 aliphatic rings. The number of carbonyl (C=O) groups is 2. The van der Waals surface area contributed by atoms with Crippen LogP contribution in [0.15, 0.2) is 42.5 Å². The number of benzene rings is 2. The van der Waals surface area contributed by atoms with E-state index in [0.717, 1.165) is 22.3 Å². The lowest BCUT2D eigenvalue weighted by Gasteiger charge is -2.31. The second kappa shape index (κ2) is 10.2. The van der Waals surface area contributed by atoms with Gasteiger partial charge in [0.2, 0.25) is 11.8 Å². The van der Waals surface area contributed by atoms with Gasteiger partial charge in [0.15, 0.2) is 0 Å². The van der Waals surface area contributed by atoms with Gasteiger partial charge in [0.05, 0.1) is 6.42 Å². The number of hydrogen-bond acceptors (Lipinski definition) is 2. The average molecular weight is 399 g/mol. The van der Waals surface area contributed by atoms with E-state index in [9.17, 15) is 14.0 Å². The Bertz CT molecular complexity index is 826. The number of hydrogen-bond donors (Lipinski definition) is 1. The van der Waals surface area contributed by atoms with Gasteiger partial charge >= 0.3 is 0 Å². The fourth-order valence-corrected chi connectivity index (χ4v) is 3.53. The molecule has 2 rings (SSSR count). The van der Waals surface area contributed by atoms with E-state index in [4.69, 9.17) is 0 Å². The fraction of sp³-hybridized carbons (Fsp3) is 0.417. The van der Waals surface area contributed by atoms with Gasteiger partial charge in [-0.05, 0) is 57.4 Å². The van der Waals surface area contributed by atoms with Gasteiger partial charge in [-0.25, -0.2) is 4.39 Å². The first-order valence-corrected chi connectivity index (χ1v) is 10.1. The molecule has 0 spiro atoms. The maximum atomic E-state index is 13.3. The molecule has 0 heterocycles. The lowest BCUT2D eigenvalue weighted by Crippen LogP contribution is -2.50. The van der Waals surface area contributed by atoms with E-state index >= 15 is 0 Å². The normalized spacial score (nSPS) is 12.0. The molecular weight excluding hydrogens is 367 g/mol. The Labute approximate surface area is 173 Å². The van der Waals surface area contributed by atoms with Crippen molar-refractivity contribution in [2.45, 2.75) is 66.1 Å². The van der Waals surface area contributed by atoms with Crippen molar-refractivity contribution in [3.05, 3.63) is 70.5 Å². The van der Waals surface area contributed by atoms with E-state index in [0.29, 0.717) is 6.42 Å². The zero-order valence-corrected chi connectivity index (χ0v) is 18.0. The minimum absolute atomic E-state index is 0.0151. The molecule has 0 unspecified atom stereocenters. The van der Waals surface area contributed by atoms with E-state index in [1.165, 1.54) is 12.1 Å². The lowest BCUT2D eigenvalue weighted by molar-refractivity contribution is -0.141. The van der Waals surface area contributed by atoms with Crippen LogP contribution in [0.25, 0.3) is 0 Å². The van der Waals surface area contributed by atoms with Crippen LogP contribution in [-0.4, -0.2) is 28.8 Å². The van der Waals surface area contributed by atoms with E-state index in [1.54, 1.807) is 17.0 Å². The molecule has 2 aromatic carbocycles. The van der Waals surface area contributed by atoms with Crippen LogP contribution in [-0.2, 0) is 22.6 Å². The Morgan fingerprint density at radius 1 is 1.00 bits per heavy atom. The predicted octanol–water partition coefficient (Wildman–Crippen LogP) is 4.32. The molecule has 2 aromatic rings. The van der Waals surface area contributed by atoms with Crippen LogP contribution in [0.2, 0.25) is 0 Å². The fourth-order valence-electron chi connectivity index (χ4n) is 3.53. The number of amides is 2. The zero-order valence-electron chi connectivity index (χ0n) is 18.0. The summed E-state index contributed by atoms with van der Waals surface area (Å²) in [6.45, 7) is 9.95. The second-order valence-electron chi connectivity index (χ2n) is 7.91. The second-order valence-corrected chi connectivity index (χ2v) is 7.91. The average Bonchev–Trinajstić information content (AvgIpc) is 2.61. The summed E-state index contributed by atoms with van der Waals surface area (Å²) in [5.41, 5.74) is 3.91. The summed E-state index contributed by atoms with van der Waals surface area (Å²) in [4.78, 5) is 27.7. The minimum atomic E-state index is -0.583. The summed E-state index contributed by atoms with van der Waals surface area (Å²) < 4.78 is 13.3. The van der Waals surface area contributed by atoms with Crippen LogP contribution in [0.3, 0.4) is 0 Å². The van der Waals surface area contributed by atoms with Crippen molar-refractivity contribution in [3.63, 3.8) is 0 Å². The first kappa shape index (κ1) is 22.6. The number of nitrogens with zero attached hydrogens (tertiary/aromatic N) is 1. The van der Waals surface area contributed by atoms with E-state index in [2.05, 4.69) is 11.4 Å². The number of halogens is 1.